The lowest BCUT2D eigenvalue weighted by Crippen LogP contribution is -2.40. The van der Waals surface area contributed by atoms with Crippen molar-refractivity contribution in [3.8, 4) is 0 Å². The standard InChI is InChI=1S/C14H29N3O.HI/c1-7-9-10-11-17(5)13(15-8-2)16-12-14(3,4)18-6;/h7H,1,8-12H2,2-6H3,(H,15,16);1H. The van der Waals surface area contributed by atoms with E-state index in [-0.39, 0.29) is 29.6 Å². The molecule has 19 heavy (non-hydrogen) atoms. The number of unbranched alkanes of at least 4 members (excludes halogenated alkanes) is 1. The molecule has 0 rings (SSSR count). The molecule has 0 aromatic heterocycles. The lowest BCUT2D eigenvalue weighted by atomic mass is 10.1. The summed E-state index contributed by atoms with van der Waals surface area (Å²) in [7, 11) is 3.78. The summed E-state index contributed by atoms with van der Waals surface area (Å²) in [5.74, 6) is 0.937. The van der Waals surface area contributed by atoms with Crippen molar-refractivity contribution in [1.82, 2.24) is 10.2 Å². The third kappa shape index (κ3) is 10.2. The summed E-state index contributed by atoms with van der Waals surface area (Å²) in [6, 6.07) is 0. The Balaban J connectivity index is 0. The van der Waals surface area contributed by atoms with Crippen molar-refractivity contribution in [2.45, 2.75) is 39.2 Å². The van der Waals surface area contributed by atoms with Crippen LogP contribution in [0.15, 0.2) is 17.6 Å². The fraction of sp³-hybridized carbons (Fsp3) is 0.786. The molecule has 5 heteroatoms. The van der Waals surface area contributed by atoms with Gasteiger partial charge in [-0.15, -0.1) is 30.6 Å². The van der Waals surface area contributed by atoms with Gasteiger partial charge in [0.1, 0.15) is 0 Å². The Morgan fingerprint density at radius 2 is 2.11 bits per heavy atom. The summed E-state index contributed by atoms with van der Waals surface area (Å²) in [5.41, 5.74) is -0.220. The zero-order chi connectivity index (χ0) is 14.0. The first-order valence-corrected chi connectivity index (χ1v) is 6.62. The minimum absolute atomic E-state index is 0. The van der Waals surface area contributed by atoms with Crippen molar-refractivity contribution in [3.05, 3.63) is 12.7 Å². The van der Waals surface area contributed by atoms with Crippen LogP contribution in [0.2, 0.25) is 0 Å². The molecular formula is C14H30IN3O. The molecule has 0 spiro atoms. The lowest BCUT2D eigenvalue weighted by Gasteiger charge is -2.25. The summed E-state index contributed by atoms with van der Waals surface area (Å²) in [4.78, 5) is 6.77. The number of halogens is 1. The van der Waals surface area contributed by atoms with Crippen molar-refractivity contribution in [1.29, 1.82) is 0 Å². The molecule has 0 aliphatic heterocycles. The van der Waals surface area contributed by atoms with E-state index in [1.54, 1.807) is 7.11 Å². The number of guanidine groups is 1. The van der Waals surface area contributed by atoms with Gasteiger partial charge in [0.2, 0.25) is 0 Å². The molecule has 0 unspecified atom stereocenters. The normalized spacial score (nSPS) is 11.7. The number of nitrogens with zero attached hydrogens (tertiary/aromatic N) is 2. The van der Waals surface area contributed by atoms with Crippen molar-refractivity contribution in [3.63, 3.8) is 0 Å². The molecule has 0 saturated carbocycles. The molecule has 114 valence electrons. The monoisotopic (exact) mass is 383 g/mol. The van der Waals surface area contributed by atoms with Crippen LogP contribution in [0, 0.1) is 0 Å². The maximum atomic E-state index is 5.38. The van der Waals surface area contributed by atoms with Crippen molar-refractivity contribution < 1.29 is 4.74 Å². The predicted molar refractivity (Wildman–Crippen MR) is 94.5 cm³/mol. The SMILES string of the molecule is C=CCCCN(C)C(=NCC(C)(C)OC)NCC.I. The fourth-order valence-electron chi connectivity index (χ4n) is 1.38. The highest BCUT2D eigenvalue weighted by Gasteiger charge is 2.16. The molecule has 0 aliphatic carbocycles. The van der Waals surface area contributed by atoms with Gasteiger partial charge in [-0.05, 0) is 33.6 Å². The number of hydrogen-bond acceptors (Lipinski definition) is 2. The number of methoxy groups -OCH3 is 1. The number of allylic oxidation sites excluding steroid dienone is 1. The smallest absolute Gasteiger partial charge is 0.193 e. The van der Waals surface area contributed by atoms with Crippen molar-refractivity contribution in [2.24, 2.45) is 4.99 Å². The lowest BCUT2D eigenvalue weighted by molar-refractivity contribution is 0.0309. The summed E-state index contributed by atoms with van der Waals surface area (Å²) in [6.45, 7) is 12.4. The Morgan fingerprint density at radius 3 is 2.58 bits per heavy atom. The van der Waals surface area contributed by atoms with Crippen LogP contribution in [0.1, 0.15) is 33.6 Å². The van der Waals surface area contributed by atoms with Crippen LogP contribution in [0.3, 0.4) is 0 Å². The van der Waals surface area contributed by atoms with Crippen molar-refractivity contribution in [2.75, 3.05) is 33.8 Å². The summed E-state index contributed by atoms with van der Waals surface area (Å²) in [6.07, 6.45) is 4.08. The first-order chi connectivity index (χ1) is 8.46. The van der Waals surface area contributed by atoms with Crippen LogP contribution in [-0.4, -0.2) is 50.3 Å². The second kappa shape index (κ2) is 11.5. The van der Waals surface area contributed by atoms with Gasteiger partial charge in [0.25, 0.3) is 0 Å². The number of hydrogen-bond donors (Lipinski definition) is 1. The molecule has 0 heterocycles. The fourth-order valence-corrected chi connectivity index (χ4v) is 1.38. The molecule has 0 aliphatic rings. The molecule has 0 fully saturated rings. The summed E-state index contributed by atoms with van der Waals surface area (Å²) < 4.78 is 5.38. The second-order valence-corrected chi connectivity index (χ2v) is 4.99. The molecule has 4 nitrogen and oxygen atoms in total. The van der Waals surface area contributed by atoms with Crippen LogP contribution in [0.5, 0.6) is 0 Å². The van der Waals surface area contributed by atoms with Crippen molar-refractivity contribution >= 4 is 29.9 Å². The first-order valence-electron chi connectivity index (χ1n) is 6.62. The third-order valence-electron chi connectivity index (χ3n) is 2.76. The average molecular weight is 383 g/mol. The maximum absolute atomic E-state index is 5.38. The number of aliphatic imine (C=N–C) groups is 1. The van der Waals surface area contributed by atoms with Gasteiger partial charge in [-0.3, -0.25) is 4.99 Å². The molecule has 1 N–H and O–H groups in total. The van der Waals surface area contributed by atoms with E-state index in [4.69, 9.17) is 4.74 Å². The minimum Gasteiger partial charge on any atom is -0.377 e. The molecule has 0 saturated heterocycles. The van der Waals surface area contributed by atoms with Gasteiger partial charge in [0.05, 0.1) is 12.1 Å². The van der Waals surface area contributed by atoms with Crippen LogP contribution in [0.4, 0.5) is 0 Å². The Labute approximate surface area is 135 Å². The summed E-state index contributed by atoms with van der Waals surface area (Å²) in [5, 5.41) is 3.30. The molecule has 0 atom stereocenters. The zero-order valence-corrected chi connectivity index (χ0v) is 15.4. The average Bonchev–Trinajstić information content (AvgIpc) is 2.34. The third-order valence-corrected chi connectivity index (χ3v) is 2.76. The van der Waals surface area contributed by atoms with Crippen LogP contribution in [0.25, 0.3) is 0 Å². The van der Waals surface area contributed by atoms with E-state index in [0.29, 0.717) is 6.54 Å². The van der Waals surface area contributed by atoms with Gasteiger partial charge in [0.15, 0.2) is 5.96 Å². The molecule has 0 bridgehead atoms. The van der Waals surface area contributed by atoms with E-state index in [1.807, 2.05) is 19.9 Å². The molecule has 0 radical (unpaired) electrons. The molecule has 0 amide bonds. The Bertz CT molecular complexity index is 267. The van der Waals surface area contributed by atoms with Gasteiger partial charge >= 0.3 is 0 Å². The van der Waals surface area contributed by atoms with E-state index < -0.39 is 0 Å². The van der Waals surface area contributed by atoms with Gasteiger partial charge in [-0.2, -0.15) is 0 Å². The van der Waals surface area contributed by atoms with E-state index in [2.05, 4.69) is 35.8 Å². The summed E-state index contributed by atoms with van der Waals surface area (Å²) >= 11 is 0. The highest BCUT2D eigenvalue weighted by molar-refractivity contribution is 14.0. The van der Waals surface area contributed by atoms with E-state index in [0.717, 1.165) is 31.9 Å². The zero-order valence-electron chi connectivity index (χ0n) is 13.0. The van der Waals surface area contributed by atoms with E-state index in [9.17, 15) is 0 Å². The minimum atomic E-state index is -0.220. The maximum Gasteiger partial charge on any atom is 0.193 e. The van der Waals surface area contributed by atoms with E-state index in [1.165, 1.54) is 0 Å². The highest BCUT2D eigenvalue weighted by Crippen LogP contribution is 2.07. The molecular weight excluding hydrogens is 353 g/mol. The predicted octanol–water partition coefficient (Wildman–Crippen LogP) is 2.89. The van der Waals surface area contributed by atoms with Gasteiger partial charge in [-0.1, -0.05) is 6.08 Å². The number of rotatable bonds is 8. The van der Waals surface area contributed by atoms with Crippen LogP contribution >= 0.6 is 24.0 Å². The molecule has 0 aromatic rings. The molecule has 0 aromatic carbocycles. The number of nitrogens with one attached hydrogen (secondary N) is 1. The highest BCUT2D eigenvalue weighted by atomic mass is 127. The van der Waals surface area contributed by atoms with Crippen LogP contribution in [-0.2, 0) is 4.74 Å². The largest absolute Gasteiger partial charge is 0.377 e. The Hall–Kier alpha value is -0.300. The topological polar surface area (TPSA) is 36.9 Å². The van der Waals surface area contributed by atoms with Gasteiger partial charge < -0.3 is 15.0 Å². The van der Waals surface area contributed by atoms with Gasteiger partial charge in [0, 0.05) is 27.2 Å². The van der Waals surface area contributed by atoms with Crippen LogP contribution < -0.4 is 5.32 Å². The second-order valence-electron chi connectivity index (χ2n) is 4.99. The quantitative estimate of drug-likeness (QED) is 0.230. The van der Waals surface area contributed by atoms with E-state index >= 15 is 0 Å². The van der Waals surface area contributed by atoms with Gasteiger partial charge in [-0.25, -0.2) is 0 Å². The first kappa shape index (κ1) is 21.0. The number of ether oxygens (including phenoxy) is 1. The Morgan fingerprint density at radius 1 is 1.47 bits per heavy atom. The Kier molecular flexibility index (Phi) is 12.7.